The molecule has 0 radical (unpaired) electrons. The summed E-state index contributed by atoms with van der Waals surface area (Å²) in [5.74, 6) is 0.865. The summed E-state index contributed by atoms with van der Waals surface area (Å²) in [4.78, 5) is 0. The molecule has 2 aromatic rings. The molecule has 3 heteroatoms. The Bertz CT molecular complexity index is 445. The number of benzene rings is 1. The summed E-state index contributed by atoms with van der Waals surface area (Å²) >= 11 is 0. The number of fused-ring (bicyclic) bond motifs is 1. The highest BCUT2D eigenvalue weighted by Crippen LogP contribution is 2.23. The van der Waals surface area contributed by atoms with Crippen LogP contribution in [0, 0.1) is 6.92 Å². The number of rotatable bonds is 1. The van der Waals surface area contributed by atoms with Crippen molar-refractivity contribution in [3.63, 3.8) is 0 Å². The van der Waals surface area contributed by atoms with Crippen LogP contribution in [0.3, 0.4) is 0 Å². The van der Waals surface area contributed by atoms with Gasteiger partial charge < -0.3 is 4.74 Å². The maximum Gasteiger partial charge on any atom is 0.121 e. The first-order chi connectivity index (χ1) is 6.20. The number of hydrogen-bond donors (Lipinski definition) is 0. The molecule has 13 heavy (non-hydrogen) atoms. The van der Waals surface area contributed by atoms with Crippen molar-refractivity contribution in [3.05, 3.63) is 23.9 Å². The Morgan fingerprint density at radius 2 is 2.15 bits per heavy atom. The Kier molecular flexibility index (Phi) is 1.72. The van der Waals surface area contributed by atoms with Crippen molar-refractivity contribution < 1.29 is 4.74 Å². The molecule has 0 atom stereocenters. The van der Waals surface area contributed by atoms with Gasteiger partial charge in [0.1, 0.15) is 5.75 Å². The van der Waals surface area contributed by atoms with Crippen molar-refractivity contribution in [1.82, 2.24) is 9.78 Å². The number of aromatic nitrogens is 2. The SMILES string of the molecule is COc1cc(C)c2cn(C)nc2c1. The maximum absolute atomic E-state index is 5.16. The third-order valence-corrected chi connectivity index (χ3v) is 2.16. The van der Waals surface area contributed by atoms with Gasteiger partial charge in [-0.3, -0.25) is 4.68 Å². The standard InChI is InChI=1S/C10H12N2O/c1-7-4-8(13-3)5-10-9(7)6-12(2)11-10/h4-6H,1-3H3. The molecule has 0 aliphatic carbocycles. The van der Waals surface area contributed by atoms with Crippen molar-refractivity contribution in [1.29, 1.82) is 0 Å². The van der Waals surface area contributed by atoms with E-state index in [1.807, 2.05) is 30.1 Å². The second-order valence-corrected chi connectivity index (χ2v) is 3.18. The van der Waals surface area contributed by atoms with Crippen LogP contribution in [0.25, 0.3) is 10.9 Å². The van der Waals surface area contributed by atoms with Crippen LogP contribution in [0.5, 0.6) is 5.75 Å². The minimum Gasteiger partial charge on any atom is -0.497 e. The van der Waals surface area contributed by atoms with E-state index in [1.54, 1.807) is 7.11 Å². The predicted octanol–water partition coefficient (Wildman–Crippen LogP) is 1.89. The Morgan fingerprint density at radius 3 is 2.85 bits per heavy atom. The highest BCUT2D eigenvalue weighted by molar-refractivity contribution is 5.83. The Morgan fingerprint density at radius 1 is 1.38 bits per heavy atom. The van der Waals surface area contributed by atoms with Gasteiger partial charge >= 0.3 is 0 Å². The van der Waals surface area contributed by atoms with E-state index in [0.29, 0.717) is 0 Å². The van der Waals surface area contributed by atoms with E-state index >= 15 is 0 Å². The molecule has 0 saturated carbocycles. The first kappa shape index (κ1) is 8.10. The van der Waals surface area contributed by atoms with Crippen LogP contribution in [0.1, 0.15) is 5.56 Å². The molecule has 0 spiro atoms. The zero-order chi connectivity index (χ0) is 9.42. The topological polar surface area (TPSA) is 27.1 Å². The van der Waals surface area contributed by atoms with Crippen molar-refractivity contribution in [2.75, 3.05) is 7.11 Å². The summed E-state index contributed by atoms with van der Waals surface area (Å²) in [5.41, 5.74) is 2.18. The fourth-order valence-electron chi connectivity index (χ4n) is 1.50. The highest BCUT2D eigenvalue weighted by Gasteiger charge is 2.03. The molecule has 0 aliphatic heterocycles. The largest absolute Gasteiger partial charge is 0.497 e. The molecular formula is C10H12N2O. The number of aryl methyl sites for hydroxylation is 2. The van der Waals surface area contributed by atoms with E-state index in [2.05, 4.69) is 12.0 Å². The predicted molar refractivity (Wildman–Crippen MR) is 52.0 cm³/mol. The summed E-state index contributed by atoms with van der Waals surface area (Å²) < 4.78 is 6.98. The van der Waals surface area contributed by atoms with Crippen LogP contribution >= 0.6 is 0 Å². The minimum absolute atomic E-state index is 0.865. The average Bonchev–Trinajstić information content (AvgIpc) is 2.46. The minimum atomic E-state index is 0.865. The van der Waals surface area contributed by atoms with E-state index in [4.69, 9.17) is 4.74 Å². The molecule has 0 aliphatic rings. The van der Waals surface area contributed by atoms with Crippen LogP contribution < -0.4 is 4.74 Å². The molecular weight excluding hydrogens is 164 g/mol. The lowest BCUT2D eigenvalue weighted by molar-refractivity contribution is 0.415. The van der Waals surface area contributed by atoms with Crippen LogP contribution in [0.15, 0.2) is 18.3 Å². The molecule has 0 fully saturated rings. The van der Waals surface area contributed by atoms with Crippen molar-refractivity contribution in [3.8, 4) is 5.75 Å². The highest BCUT2D eigenvalue weighted by atomic mass is 16.5. The summed E-state index contributed by atoms with van der Waals surface area (Å²) in [7, 11) is 3.59. The van der Waals surface area contributed by atoms with Gasteiger partial charge in [-0.2, -0.15) is 5.10 Å². The Hall–Kier alpha value is -1.51. The van der Waals surface area contributed by atoms with E-state index in [0.717, 1.165) is 11.3 Å². The zero-order valence-corrected chi connectivity index (χ0v) is 8.03. The Balaban J connectivity index is 2.75. The molecule has 0 bridgehead atoms. The lowest BCUT2D eigenvalue weighted by Crippen LogP contribution is -1.85. The summed E-state index contributed by atoms with van der Waals surface area (Å²) in [6.07, 6.45) is 2.02. The van der Waals surface area contributed by atoms with Crippen LogP contribution in [-0.4, -0.2) is 16.9 Å². The summed E-state index contributed by atoms with van der Waals surface area (Å²) in [6.45, 7) is 2.06. The lowest BCUT2D eigenvalue weighted by Gasteiger charge is -2.00. The fraction of sp³-hybridized carbons (Fsp3) is 0.300. The van der Waals surface area contributed by atoms with Crippen molar-refractivity contribution in [2.45, 2.75) is 6.92 Å². The molecule has 0 saturated heterocycles. The molecule has 0 N–H and O–H groups in total. The molecule has 3 nitrogen and oxygen atoms in total. The van der Waals surface area contributed by atoms with Crippen LogP contribution in [0.4, 0.5) is 0 Å². The third kappa shape index (κ3) is 1.26. The smallest absolute Gasteiger partial charge is 0.121 e. The molecule has 1 aromatic heterocycles. The monoisotopic (exact) mass is 176 g/mol. The number of ether oxygens (including phenoxy) is 1. The van der Waals surface area contributed by atoms with Gasteiger partial charge in [-0.05, 0) is 18.6 Å². The first-order valence-electron chi connectivity index (χ1n) is 4.18. The summed E-state index contributed by atoms with van der Waals surface area (Å²) in [6, 6.07) is 3.96. The van der Waals surface area contributed by atoms with Gasteiger partial charge in [-0.15, -0.1) is 0 Å². The van der Waals surface area contributed by atoms with Gasteiger partial charge in [0.25, 0.3) is 0 Å². The molecule has 68 valence electrons. The molecule has 1 aromatic carbocycles. The van der Waals surface area contributed by atoms with E-state index in [-0.39, 0.29) is 0 Å². The van der Waals surface area contributed by atoms with Gasteiger partial charge in [0.15, 0.2) is 0 Å². The molecule has 0 amide bonds. The van der Waals surface area contributed by atoms with Gasteiger partial charge in [0.2, 0.25) is 0 Å². The Labute approximate surface area is 76.9 Å². The molecule has 1 heterocycles. The molecule has 2 rings (SSSR count). The second kappa shape index (κ2) is 2.76. The van der Waals surface area contributed by atoms with E-state index < -0.39 is 0 Å². The maximum atomic E-state index is 5.16. The van der Waals surface area contributed by atoms with Crippen LogP contribution in [-0.2, 0) is 7.05 Å². The van der Waals surface area contributed by atoms with Crippen LogP contribution in [0.2, 0.25) is 0 Å². The van der Waals surface area contributed by atoms with Gasteiger partial charge in [0, 0.05) is 24.7 Å². The van der Waals surface area contributed by atoms with Crippen molar-refractivity contribution in [2.24, 2.45) is 7.05 Å². The second-order valence-electron chi connectivity index (χ2n) is 3.18. The number of nitrogens with zero attached hydrogens (tertiary/aromatic N) is 2. The average molecular weight is 176 g/mol. The van der Waals surface area contributed by atoms with Gasteiger partial charge in [-0.1, -0.05) is 0 Å². The van der Waals surface area contributed by atoms with E-state index in [9.17, 15) is 0 Å². The fourth-order valence-corrected chi connectivity index (χ4v) is 1.50. The number of hydrogen-bond acceptors (Lipinski definition) is 2. The summed E-state index contributed by atoms with van der Waals surface area (Å²) in [5, 5.41) is 5.50. The molecule has 0 unspecified atom stereocenters. The van der Waals surface area contributed by atoms with E-state index in [1.165, 1.54) is 10.9 Å². The quantitative estimate of drug-likeness (QED) is 0.663. The van der Waals surface area contributed by atoms with Crippen molar-refractivity contribution >= 4 is 10.9 Å². The zero-order valence-electron chi connectivity index (χ0n) is 8.03. The normalized spacial score (nSPS) is 10.7. The lowest BCUT2D eigenvalue weighted by atomic mass is 10.1. The third-order valence-electron chi connectivity index (χ3n) is 2.16. The first-order valence-corrected chi connectivity index (χ1v) is 4.18. The van der Waals surface area contributed by atoms with Gasteiger partial charge in [0.05, 0.1) is 12.6 Å². The number of methoxy groups -OCH3 is 1. The van der Waals surface area contributed by atoms with Gasteiger partial charge in [-0.25, -0.2) is 0 Å².